The van der Waals surface area contributed by atoms with Crippen molar-refractivity contribution < 1.29 is 14.3 Å². The van der Waals surface area contributed by atoms with Gasteiger partial charge in [0.05, 0.1) is 20.0 Å². The summed E-state index contributed by atoms with van der Waals surface area (Å²) in [6.45, 7) is 2.42. The summed E-state index contributed by atoms with van der Waals surface area (Å²) in [5.74, 6) is 1.53. The van der Waals surface area contributed by atoms with Crippen LogP contribution in [0.15, 0.2) is 47.6 Å². The molecule has 0 unspecified atom stereocenters. The standard InChI is InChI=1S/C19H21N5O3S/c1-13-4-9-17(27-3)16(10-13)24-19(21-22-23-24)28-12-18(25)20-11-14-5-7-15(26-2)8-6-14/h4-10H,11-12H2,1-3H3,(H,20,25). The molecule has 9 heteroatoms. The maximum absolute atomic E-state index is 12.2. The van der Waals surface area contributed by atoms with Crippen LogP contribution in [0, 0.1) is 6.92 Å². The molecule has 0 aliphatic heterocycles. The Kier molecular flexibility index (Phi) is 6.49. The lowest BCUT2D eigenvalue weighted by Gasteiger charge is -2.10. The number of carbonyl (C=O) groups is 1. The molecule has 8 nitrogen and oxygen atoms in total. The van der Waals surface area contributed by atoms with E-state index in [1.54, 1.807) is 18.9 Å². The van der Waals surface area contributed by atoms with Gasteiger partial charge in [-0.05, 0) is 52.7 Å². The lowest BCUT2D eigenvalue weighted by molar-refractivity contribution is -0.118. The summed E-state index contributed by atoms with van der Waals surface area (Å²) in [6.07, 6.45) is 0. The minimum atomic E-state index is -0.105. The van der Waals surface area contributed by atoms with Gasteiger partial charge >= 0.3 is 0 Å². The van der Waals surface area contributed by atoms with E-state index in [1.807, 2.05) is 49.4 Å². The first-order chi connectivity index (χ1) is 13.6. The predicted octanol–water partition coefficient (Wildman–Crippen LogP) is 2.40. The molecular formula is C19H21N5O3S. The molecule has 0 aliphatic rings. The fraction of sp³-hybridized carbons (Fsp3) is 0.263. The van der Waals surface area contributed by atoms with Gasteiger partial charge in [-0.3, -0.25) is 4.79 Å². The Morgan fingerprint density at radius 3 is 2.64 bits per heavy atom. The van der Waals surface area contributed by atoms with E-state index in [0.717, 1.165) is 22.6 Å². The zero-order valence-corrected chi connectivity index (χ0v) is 16.7. The zero-order valence-electron chi connectivity index (χ0n) is 15.9. The molecule has 3 aromatic rings. The molecule has 3 rings (SSSR count). The van der Waals surface area contributed by atoms with Gasteiger partial charge in [-0.15, -0.1) is 5.10 Å². The van der Waals surface area contributed by atoms with Gasteiger partial charge in [-0.1, -0.05) is 30.0 Å². The molecule has 28 heavy (non-hydrogen) atoms. The minimum absolute atomic E-state index is 0.105. The van der Waals surface area contributed by atoms with Crippen molar-refractivity contribution in [3.8, 4) is 17.2 Å². The second kappa shape index (κ2) is 9.23. The van der Waals surface area contributed by atoms with Gasteiger partial charge in [0.1, 0.15) is 17.2 Å². The second-order valence-electron chi connectivity index (χ2n) is 5.96. The number of hydrogen-bond donors (Lipinski definition) is 1. The van der Waals surface area contributed by atoms with Gasteiger partial charge in [-0.2, -0.15) is 4.68 Å². The van der Waals surface area contributed by atoms with Crippen LogP contribution in [-0.4, -0.2) is 46.1 Å². The minimum Gasteiger partial charge on any atom is -0.497 e. The number of hydrogen-bond acceptors (Lipinski definition) is 7. The van der Waals surface area contributed by atoms with Crippen LogP contribution in [0.3, 0.4) is 0 Å². The molecule has 146 valence electrons. The molecule has 0 radical (unpaired) electrons. The average molecular weight is 399 g/mol. The highest BCUT2D eigenvalue weighted by molar-refractivity contribution is 7.99. The molecule has 1 heterocycles. The Morgan fingerprint density at radius 1 is 1.14 bits per heavy atom. The quantitative estimate of drug-likeness (QED) is 0.582. The summed E-state index contributed by atoms with van der Waals surface area (Å²) in [7, 11) is 3.21. The Morgan fingerprint density at radius 2 is 1.93 bits per heavy atom. The number of tetrazole rings is 1. The summed E-state index contributed by atoms with van der Waals surface area (Å²) in [5, 5.41) is 15.2. The molecule has 0 aliphatic carbocycles. The Labute approximate surface area is 167 Å². The SMILES string of the molecule is COc1ccc(CNC(=O)CSc2nnnn2-c2cc(C)ccc2OC)cc1. The third-order valence-corrected chi connectivity index (χ3v) is 4.90. The Hall–Kier alpha value is -3.07. The summed E-state index contributed by atoms with van der Waals surface area (Å²) >= 11 is 1.26. The van der Waals surface area contributed by atoms with Crippen LogP contribution in [-0.2, 0) is 11.3 Å². The largest absolute Gasteiger partial charge is 0.497 e. The first-order valence-corrected chi connectivity index (χ1v) is 9.55. The maximum Gasteiger partial charge on any atom is 0.230 e. The fourth-order valence-electron chi connectivity index (χ4n) is 2.51. The van der Waals surface area contributed by atoms with Gasteiger partial charge in [0.15, 0.2) is 0 Å². The summed E-state index contributed by atoms with van der Waals surface area (Å²) in [5.41, 5.74) is 2.78. The van der Waals surface area contributed by atoms with Crippen molar-refractivity contribution >= 4 is 17.7 Å². The van der Waals surface area contributed by atoms with E-state index in [2.05, 4.69) is 20.8 Å². The van der Waals surface area contributed by atoms with Crippen molar-refractivity contribution in [2.75, 3.05) is 20.0 Å². The number of nitrogens with one attached hydrogen (secondary N) is 1. The van der Waals surface area contributed by atoms with Crippen LogP contribution >= 0.6 is 11.8 Å². The highest BCUT2D eigenvalue weighted by Crippen LogP contribution is 2.26. The number of aromatic nitrogens is 4. The lowest BCUT2D eigenvalue weighted by Crippen LogP contribution is -2.24. The molecule has 2 aromatic carbocycles. The van der Waals surface area contributed by atoms with Crippen molar-refractivity contribution in [3.63, 3.8) is 0 Å². The third-order valence-electron chi connectivity index (χ3n) is 3.98. The van der Waals surface area contributed by atoms with Crippen molar-refractivity contribution in [2.24, 2.45) is 0 Å². The summed E-state index contributed by atoms with van der Waals surface area (Å²) < 4.78 is 12.1. The molecule has 0 fully saturated rings. The van der Waals surface area contributed by atoms with Crippen LogP contribution in [0.4, 0.5) is 0 Å². The predicted molar refractivity (Wildman–Crippen MR) is 106 cm³/mol. The highest BCUT2D eigenvalue weighted by Gasteiger charge is 2.15. The summed E-state index contributed by atoms with van der Waals surface area (Å²) in [6, 6.07) is 13.3. The molecule has 0 bridgehead atoms. The number of nitrogens with zero attached hydrogens (tertiary/aromatic N) is 4. The van der Waals surface area contributed by atoms with E-state index in [-0.39, 0.29) is 11.7 Å². The molecule has 0 saturated carbocycles. The van der Waals surface area contributed by atoms with Crippen LogP contribution in [0.25, 0.3) is 5.69 Å². The van der Waals surface area contributed by atoms with Gasteiger partial charge in [0.25, 0.3) is 0 Å². The van der Waals surface area contributed by atoms with Crippen molar-refractivity contribution in [1.82, 2.24) is 25.5 Å². The molecule has 1 aromatic heterocycles. The van der Waals surface area contributed by atoms with Gasteiger partial charge in [-0.25, -0.2) is 0 Å². The molecule has 0 spiro atoms. The highest BCUT2D eigenvalue weighted by atomic mass is 32.2. The van der Waals surface area contributed by atoms with Gasteiger partial charge in [0.2, 0.25) is 11.1 Å². The van der Waals surface area contributed by atoms with Gasteiger partial charge < -0.3 is 14.8 Å². The van der Waals surface area contributed by atoms with E-state index in [1.165, 1.54) is 11.8 Å². The number of carbonyl (C=O) groups excluding carboxylic acids is 1. The Balaban J connectivity index is 1.60. The molecule has 1 amide bonds. The van der Waals surface area contributed by atoms with Crippen LogP contribution in [0.1, 0.15) is 11.1 Å². The first-order valence-electron chi connectivity index (χ1n) is 8.56. The van der Waals surface area contributed by atoms with E-state index >= 15 is 0 Å². The first kappa shape index (κ1) is 19.7. The molecular weight excluding hydrogens is 378 g/mol. The normalized spacial score (nSPS) is 10.5. The average Bonchev–Trinajstić information content (AvgIpc) is 3.19. The van der Waals surface area contributed by atoms with Gasteiger partial charge in [0, 0.05) is 6.54 Å². The van der Waals surface area contributed by atoms with E-state index in [9.17, 15) is 4.79 Å². The number of ether oxygens (including phenoxy) is 2. The van der Waals surface area contributed by atoms with Crippen molar-refractivity contribution in [3.05, 3.63) is 53.6 Å². The molecule has 1 N–H and O–H groups in total. The number of thioether (sulfide) groups is 1. The Bertz CT molecular complexity index is 943. The third kappa shape index (κ3) is 4.80. The molecule has 0 saturated heterocycles. The number of amides is 1. The van der Waals surface area contributed by atoms with E-state index in [4.69, 9.17) is 9.47 Å². The number of rotatable bonds is 8. The smallest absolute Gasteiger partial charge is 0.230 e. The fourth-order valence-corrected chi connectivity index (χ4v) is 3.22. The van der Waals surface area contributed by atoms with Crippen molar-refractivity contribution in [1.29, 1.82) is 0 Å². The molecule has 0 atom stereocenters. The van der Waals surface area contributed by atoms with Crippen LogP contribution < -0.4 is 14.8 Å². The topological polar surface area (TPSA) is 91.2 Å². The van der Waals surface area contributed by atoms with Crippen LogP contribution in [0.2, 0.25) is 0 Å². The number of benzene rings is 2. The zero-order chi connectivity index (χ0) is 19.9. The lowest BCUT2D eigenvalue weighted by atomic mass is 10.2. The van der Waals surface area contributed by atoms with E-state index < -0.39 is 0 Å². The number of aryl methyl sites for hydroxylation is 1. The van der Waals surface area contributed by atoms with Crippen molar-refractivity contribution in [2.45, 2.75) is 18.6 Å². The maximum atomic E-state index is 12.2. The number of methoxy groups -OCH3 is 2. The van der Waals surface area contributed by atoms with E-state index in [0.29, 0.717) is 17.5 Å². The monoisotopic (exact) mass is 399 g/mol. The summed E-state index contributed by atoms with van der Waals surface area (Å²) in [4.78, 5) is 12.2. The second-order valence-corrected chi connectivity index (χ2v) is 6.90. The van der Waals surface area contributed by atoms with Crippen LogP contribution in [0.5, 0.6) is 11.5 Å².